The topological polar surface area (TPSA) is 125 Å². The fourth-order valence-electron chi connectivity index (χ4n) is 3.49. The third-order valence-electron chi connectivity index (χ3n) is 5.27. The van der Waals surface area contributed by atoms with Crippen molar-refractivity contribution in [2.24, 2.45) is 11.7 Å². The minimum atomic E-state index is -0.705. The zero-order chi connectivity index (χ0) is 19.8. The summed E-state index contributed by atoms with van der Waals surface area (Å²) < 4.78 is 19.9. The molecule has 28 heavy (non-hydrogen) atoms. The highest BCUT2D eigenvalue weighted by atomic mass is 19.1. The van der Waals surface area contributed by atoms with Gasteiger partial charge in [-0.3, -0.25) is 4.79 Å². The fraction of sp³-hybridized carbons (Fsp3) is 0.474. The number of aromatic amines is 1. The summed E-state index contributed by atoms with van der Waals surface area (Å²) in [5.74, 6) is -1.14. The van der Waals surface area contributed by atoms with Gasteiger partial charge in [-0.15, -0.1) is 0 Å². The molecule has 0 bridgehead atoms. The number of hydrogen-bond donors (Lipinski definition) is 2. The summed E-state index contributed by atoms with van der Waals surface area (Å²) in [5.41, 5.74) is 5.45. The highest BCUT2D eigenvalue weighted by Crippen LogP contribution is 2.28. The summed E-state index contributed by atoms with van der Waals surface area (Å²) in [6, 6.07) is 2.90. The van der Waals surface area contributed by atoms with Crippen LogP contribution in [-0.2, 0) is 4.74 Å². The van der Waals surface area contributed by atoms with Gasteiger partial charge in [-0.05, 0) is 31.2 Å². The molecule has 2 unspecified atom stereocenters. The smallest absolute Gasteiger partial charge is 0.343 e. The Labute approximate surface area is 160 Å². The lowest BCUT2D eigenvalue weighted by molar-refractivity contribution is 0.0470. The van der Waals surface area contributed by atoms with Crippen LogP contribution in [0.25, 0.3) is 11.0 Å². The third-order valence-corrected chi connectivity index (χ3v) is 5.27. The SMILES string of the molecule is N#CCC(N)C1CCN(c2nc3[nH]cc(C(=O)OC4CC4)c(=O)c3cc2F)C1. The van der Waals surface area contributed by atoms with E-state index in [4.69, 9.17) is 15.7 Å². The molecule has 1 saturated heterocycles. The van der Waals surface area contributed by atoms with Crippen molar-refractivity contribution in [3.63, 3.8) is 0 Å². The van der Waals surface area contributed by atoms with Crippen molar-refractivity contribution in [1.29, 1.82) is 5.26 Å². The van der Waals surface area contributed by atoms with Gasteiger partial charge in [0.05, 0.1) is 17.9 Å². The van der Waals surface area contributed by atoms with E-state index in [1.54, 1.807) is 4.90 Å². The maximum Gasteiger partial charge on any atom is 0.343 e. The molecule has 3 N–H and O–H groups in total. The minimum Gasteiger partial charge on any atom is -0.459 e. The van der Waals surface area contributed by atoms with Crippen molar-refractivity contribution in [2.75, 3.05) is 18.0 Å². The monoisotopic (exact) mass is 385 g/mol. The summed E-state index contributed by atoms with van der Waals surface area (Å²) in [6.07, 6.45) is 3.72. The molecule has 8 nitrogen and oxygen atoms in total. The lowest BCUT2D eigenvalue weighted by atomic mass is 9.98. The van der Waals surface area contributed by atoms with Crippen molar-refractivity contribution < 1.29 is 13.9 Å². The largest absolute Gasteiger partial charge is 0.459 e. The van der Waals surface area contributed by atoms with Crippen LogP contribution in [-0.4, -0.2) is 41.2 Å². The standard InChI is InChI=1S/C19H20FN5O3/c20-14-7-12-16(26)13(19(27)28-11-1-2-11)8-23-17(12)24-18(14)25-6-4-10(9-25)15(22)3-5-21/h7-8,10-11,15H,1-4,6,9,22H2,(H,23,24,26). The van der Waals surface area contributed by atoms with Gasteiger partial charge in [0.25, 0.3) is 0 Å². The van der Waals surface area contributed by atoms with Crippen LogP contribution in [0, 0.1) is 23.1 Å². The van der Waals surface area contributed by atoms with Crippen molar-refractivity contribution in [2.45, 2.75) is 37.8 Å². The van der Waals surface area contributed by atoms with Crippen molar-refractivity contribution in [3.8, 4) is 6.07 Å². The number of nitrogens with one attached hydrogen (secondary N) is 1. The maximum atomic E-state index is 14.7. The number of halogens is 1. The third kappa shape index (κ3) is 3.43. The normalized spacial score (nSPS) is 20.2. The first-order valence-electron chi connectivity index (χ1n) is 9.28. The van der Waals surface area contributed by atoms with Gasteiger partial charge in [0.1, 0.15) is 17.3 Å². The molecule has 9 heteroatoms. The number of esters is 1. The van der Waals surface area contributed by atoms with Gasteiger partial charge >= 0.3 is 5.97 Å². The molecule has 0 radical (unpaired) electrons. The Morgan fingerprint density at radius 2 is 2.29 bits per heavy atom. The van der Waals surface area contributed by atoms with Gasteiger partial charge in [-0.25, -0.2) is 14.2 Å². The van der Waals surface area contributed by atoms with E-state index in [0.717, 1.165) is 25.3 Å². The van der Waals surface area contributed by atoms with Crippen LogP contribution in [0.1, 0.15) is 36.0 Å². The number of ether oxygens (including phenoxy) is 1. The Hall–Kier alpha value is -2.99. The van der Waals surface area contributed by atoms with Crippen LogP contribution < -0.4 is 16.1 Å². The predicted molar refractivity (Wildman–Crippen MR) is 99.3 cm³/mol. The average Bonchev–Trinajstić information content (AvgIpc) is 3.34. The first-order chi connectivity index (χ1) is 13.5. The zero-order valence-electron chi connectivity index (χ0n) is 15.2. The highest BCUT2D eigenvalue weighted by molar-refractivity contribution is 5.93. The Balaban J connectivity index is 1.61. The van der Waals surface area contributed by atoms with Crippen molar-refractivity contribution in [3.05, 3.63) is 33.9 Å². The summed E-state index contributed by atoms with van der Waals surface area (Å²) in [7, 11) is 0. The van der Waals surface area contributed by atoms with E-state index in [2.05, 4.69) is 16.0 Å². The van der Waals surface area contributed by atoms with Gasteiger partial charge in [-0.1, -0.05) is 0 Å². The first kappa shape index (κ1) is 18.4. The second kappa shape index (κ2) is 7.20. The maximum absolute atomic E-state index is 14.7. The molecule has 1 saturated carbocycles. The molecular weight excluding hydrogens is 365 g/mol. The lowest BCUT2D eigenvalue weighted by Gasteiger charge is -2.20. The number of fused-ring (bicyclic) bond motifs is 1. The van der Waals surface area contributed by atoms with E-state index in [0.29, 0.717) is 13.1 Å². The van der Waals surface area contributed by atoms with Crippen LogP contribution in [0.4, 0.5) is 10.2 Å². The summed E-state index contributed by atoms with van der Waals surface area (Å²) in [5, 5.41) is 8.80. The van der Waals surface area contributed by atoms with E-state index in [1.165, 1.54) is 6.20 Å². The number of hydrogen-bond acceptors (Lipinski definition) is 7. The summed E-state index contributed by atoms with van der Waals surface area (Å²) >= 11 is 0. The number of H-pyrrole nitrogens is 1. The second-order valence-corrected chi connectivity index (χ2v) is 7.35. The Morgan fingerprint density at radius 3 is 3.00 bits per heavy atom. The molecule has 2 aromatic heterocycles. The molecular formula is C19H20FN5O3. The first-order valence-corrected chi connectivity index (χ1v) is 9.28. The molecule has 1 aliphatic heterocycles. The molecule has 0 spiro atoms. The number of aromatic nitrogens is 2. The fourth-order valence-corrected chi connectivity index (χ4v) is 3.49. The Bertz CT molecular complexity index is 1030. The number of carbonyl (C=O) groups excluding carboxylic acids is 1. The number of carbonyl (C=O) groups is 1. The van der Waals surface area contributed by atoms with E-state index in [9.17, 15) is 14.0 Å². The molecule has 1 aliphatic carbocycles. The molecule has 0 amide bonds. The number of pyridine rings is 2. The summed E-state index contributed by atoms with van der Waals surface area (Å²) in [6.45, 7) is 1.06. The van der Waals surface area contributed by atoms with Crippen molar-refractivity contribution >= 4 is 22.8 Å². The van der Waals surface area contributed by atoms with E-state index in [1.807, 2.05) is 0 Å². The molecule has 0 aromatic carbocycles. The number of nitrogens with two attached hydrogens (primary N) is 1. The number of rotatable bonds is 5. The molecule has 3 heterocycles. The lowest BCUT2D eigenvalue weighted by Crippen LogP contribution is -2.32. The molecule has 2 atom stereocenters. The highest BCUT2D eigenvalue weighted by Gasteiger charge is 2.31. The number of anilines is 1. The molecule has 2 aromatic rings. The number of nitriles is 1. The molecule has 4 rings (SSSR count). The average molecular weight is 385 g/mol. The van der Waals surface area contributed by atoms with Crippen LogP contribution in [0.5, 0.6) is 0 Å². The Kier molecular flexibility index (Phi) is 4.73. The minimum absolute atomic E-state index is 0.00317. The van der Waals surface area contributed by atoms with Crippen LogP contribution in [0.2, 0.25) is 0 Å². The van der Waals surface area contributed by atoms with E-state index < -0.39 is 17.2 Å². The molecule has 2 fully saturated rings. The number of nitrogens with zero attached hydrogens (tertiary/aromatic N) is 3. The van der Waals surface area contributed by atoms with Gasteiger partial charge in [0.15, 0.2) is 11.6 Å². The predicted octanol–water partition coefficient (Wildman–Crippen LogP) is 1.45. The van der Waals surface area contributed by atoms with Gasteiger partial charge in [0.2, 0.25) is 5.43 Å². The molecule has 146 valence electrons. The van der Waals surface area contributed by atoms with Crippen LogP contribution >= 0.6 is 0 Å². The van der Waals surface area contributed by atoms with Crippen LogP contribution in [0.3, 0.4) is 0 Å². The van der Waals surface area contributed by atoms with Gasteiger partial charge < -0.3 is 20.4 Å². The summed E-state index contributed by atoms with van der Waals surface area (Å²) in [4.78, 5) is 33.5. The van der Waals surface area contributed by atoms with Crippen LogP contribution in [0.15, 0.2) is 17.1 Å². The van der Waals surface area contributed by atoms with E-state index >= 15 is 0 Å². The van der Waals surface area contributed by atoms with Gasteiger partial charge in [0, 0.05) is 25.3 Å². The van der Waals surface area contributed by atoms with E-state index in [-0.39, 0.29) is 46.9 Å². The Morgan fingerprint density at radius 1 is 1.50 bits per heavy atom. The van der Waals surface area contributed by atoms with Crippen molar-refractivity contribution in [1.82, 2.24) is 9.97 Å². The zero-order valence-corrected chi connectivity index (χ0v) is 15.2. The van der Waals surface area contributed by atoms with Gasteiger partial charge in [-0.2, -0.15) is 5.26 Å². The second-order valence-electron chi connectivity index (χ2n) is 7.35. The quantitative estimate of drug-likeness (QED) is 0.746. The molecule has 2 aliphatic rings.